The lowest BCUT2D eigenvalue weighted by Crippen LogP contribution is -2.49. The fraction of sp³-hybridized carbons (Fsp3) is 1.00. The zero-order valence-corrected chi connectivity index (χ0v) is 11.3. The maximum atomic E-state index is 5.64. The van der Waals surface area contributed by atoms with E-state index in [4.69, 9.17) is 14.2 Å². The van der Waals surface area contributed by atoms with Crippen molar-refractivity contribution in [2.45, 2.75) is 44.9 Å². The normalized spacial score (nSPS) is 27.0. The van der Waals surface area contributed by atoms with Gasteiger partial charge in [-0.1, -0.05) is 0 Å². The average Bonchev–Trinajstić information content (AvgIpc) is 3.06. The van der Waals surface area contributed by atoms with Crippen LogP contribution in [0.15, 0.2) is 0 Å². The molecule has 2 aliphatic rings. The van der Waals surface area contributed by atoms with E-state index < -0.39 is 5.79 Å². The zero-order valence-electron chi connectivity index (χ0n) is 11.3. The first-order valence-corrected chi connectivity index (χ1v) is 6.56. The molecule has 0 atom stereocenters. The monoisotopic (exact) mass is 243 g/mol. The van der Waals surface area contributed by atoms with Crippen LogP contribution in [0.2, 0.25) is 0 Å². The van der Waals surface area contributed by atoms with Crippen LogP contribution in [0.3, 0.4) is 0 Å². The summed E-state index contributed by atoms with van der Waals surface area (Å²) in [6.45, 7) is 7.34. The van der Waals surface area contributed by atoms with E-state index in [2.05, 4.69) is 5.32 Å². The fourth-order valence-electron chi connectivity index (χ4n) is 2.18. The highest BCUT2D eigenvalue weighted by Crippen LogP contribution is 2.48. The van der Waals surface area contributed by atoms with E-state index in [1.807, 2.05) is 13.8 Å². The Balaban J connectivity index is 1.66. The molecule has 0 aromatic rings. The minimum absolute atomic E-state index is 0.336. The summed E-state index contributed by atoms with van der Waals surface area (Å²) in [7, 11) is 1.77. The summed E-state index contributed by atoms with van der Waals surface area (Å²) in [5, 5.41) is 3.57. The number of rotatable bonds is 6. The molecule has 17 heavy (non-hydrogen) atoms. The van der Waals surface area contributed by atoms with E-state index >= 15 is 0 Å². The third kappa shape index (κ3) is 3.91. The van der Waals surface area contributed by atoms with Gasteiger partial charge in [-0.3, -0.25) is 0 Å². The fourth-order valence-corrected chi connectivity index (χ4v) is 2.18. The zero-order chi connectivity index (χ0) is 12.4. The van der Waals surface area contributed by atoms with Gasteiger partial charge in [-0.25, -0.2) is 0 Å². The third-order valence-corrected chi connectivity index (χ3v) is 3.82. The Morgan fingerprint density at radius 3 is 2.41 bits per heavy atom. The molecule has 2 rings (SSSR count). The Hall–Kier alpha value is -0.160. The van der Waals surface area contributed by atoms with Crippen LogP contribution in [0.25, 0.3) is 0 Å². The molecule has 4 heteroatoms. The van der Waals surface area contributed by atoms with Gasteiger partial charge in [0.1, 0.15) is 0 Å². The van der Waals surface area contributed by atoms with E-state index in [0.29, 0.717) is 11.5 Å². The molecular weight excluding hydrogens is 218 g/mol. The first kappa shape index (κ1) is 13.3. The van der Waals surface area contributed by atoms with Crippen molar-refractivity contribution in [2.75, 3.05) is 33.5 Å². The molecule has 4 nitrogen and oxygen atoms in total. The topological polar surface area (TPSA) is 39.7 Å². The van der Waals surface area contributed by atoms with Gasteiger partial charge in [-0.2, -0.15) is 0 Å². The summed E-state index contributed by atoms with van der Waals surface area (Å²) in [6.07, 6.45) is 3.81. The Kier molecular flexibility index (Phi) is 4.08. The van der Waals surface area contributed by atoms with Gasteiger partial charge in [0.2, 0.25) is 0 Å². The molecule has 0 spiro atoms. The SMILES string of the molecule is COCCC1(CNC2COC(C)(C)OC2)CC1. The minimum atomic E-state index is -0.411. The van der Waals surface area contributed by atoms with Crippen LogP contribution < -0.4 is 5.32 Å². The predicted molar refractivity (Wildman–Crippen MR) is 65.9 cm³/mol. The molecule has 0 unspecified atom stereocenters. The van der Waals surface area contributed by atoms with Crippen LogP contribution in [0.1, 0.15) is 33.1 Å². The first-order chi connectivity index (χ1) is 8.05. The van der Waals surface area contributed by atoms with Gasteiger partial charge in [-0.15, -0.1) is 0 Å². The molecule has 1 heterocycles. The summed E-state index contributed by atoms with van der Waals surface area (Å²) in [5.41, 5.74) is 0.489. The molecule has 0 amide bonds. The van der Waals surface area contributed by atoms with Crippen molar-refractivity contribution in [1.82, 2.24) is 5.32 Å². The quantitative estimate of drug-likeness (QED) is 0.768. The van der Waals surface area contributed by atoms with Gasteiger partial charge in [0.25, 0.3) is 0 Å². The highest BCUT2D eigenvalue weighted by atomic mass is 16.7. The third-order valence-electron chi connectivity index (χ3n) is 3.82. The lowest BCUT2D eigenvalue weighted by molar-refractivity contribution is -0.253. The van der Waals surface area contributed by atoms with Gasteiger partial charge in [-0.05, 0) is 38.5 Å². The van der Waals surface area contributed by atoms with Gasteiger partial charge in [0.05, 0.1) is 19.3 Å². The average molecular weight is 243 g/mol. The summed E-state index contributed by atoms with van der Waals surface area (Å²) in [4.78, 5) is 0. The van der Waals surface area contributed by atoms with Crippen molar-refractivity contribution in [3.63, 3.8) is 0 Å². The predicted octanol–water partition coefficient (Wildman–Crippen LogP) is 1.54. The Bertz CT molecular complexity index is 241. The summed E-state index contributed by atoms with van der Waals surface area (Å²) >= 11 is 0. The molecule has 1 saturated heterocycles. The maximum absolute atomic E-state index is 5.64. The molecule has 0 aromatic carbocycles. The molecule has 1 saturated carbocycles. The number of hydrogen-bond acceptors (Lipinski definition) is 4. The molecule has 1 aliphatic carbocycles. The van der Waals surface area contributed by atoms with Crippen molar-refractivity contribution in [3.8, 4) is 0 Å². The van der Waals surface area contributed by atoms with Crippen LogP contribution in [0.4, 0.5) is 0 Å². The largest absolute Gasteiger partial charge is 0.385 e. The minimum Gasteiger partial charge on any atom is -0.385 e. The van der Waals surface area contributed by atoms with Gasteiger partial charge in [0.15, 0.2) is 5.79 Å². The van der Waals surface area contributed by atoms with Gasteiger partial charge in [0, 0.05) is 20.3 Å². The first-order valence-electron chi connectivity index (χ1n) is 6.56. The van der Waals surface area contributed by atoms with Crippen molar-refractivity contribution < 1.29 is 14.2 Å². The molecule has 1 aliphatic heterocycles. The summed E-state index contributed by atoms with van der Waals surface area (Å²) in [5.74, 6) is -0.411. The van der Waals surface area contributed by atoms with Crippen molar-refractivity contribution in [3.05, 3.63) is 0 Å². The van der Waals surface area contributed by atoms with Crippen LogP contribution in [-0.2, 0) is 14.2 Å². The lowest BCUT2D eigenvalue weighted by atomic mass is 10.0. The van der Waals surface area contributed by atoms with Gasteiger partial charge < -0.3 is 19.5 Å². The molecule has 100 valence electrons. The van der Waals surface area contributed by atoms with Crippen LogP contribution in [0.5, 0.6) is 0 Å². The maximum Gasteiger partial charge on any atom is 0.162 e. The highest BCUT2D eigenvalue weighted by molar-refractivity contribution is 4.95. The second kappa shape index (κ2) is 5.22. The molecule has 2 fully saturated rings. The Morgan fingerprint density at radius 1 is 1.24 bits per heavy atom. The van der Waals surface area contributed by atoms with Crippen molar-refractivity contribution in [1.29, 1.82) is 0 Å². The molecular formula is C13H25NO3. The molecule has 0 aromatic heterocycles. The summed E-state index contributed by atoms with van der Waals surface area (Å²) in [6, 6.07) is 0.336. The van der Waals surface area contributed by atoms with Crippen LogP contribution in [-0.4, -0.2) is 45.3 Å². The van der Waals surface area contributed by atoms with Crippen molar-refractivity contribution >= 4 is 0 Å². The smallest absolute Gasteiger partial charge is 0.162 e. The molecule has 0 bridgehead atoms. The highest BCUT2D eigenvalue weighted by Gasteiger charge is 2.42. The number of hydrogen-bond donors (Lipinski definition) is 1. The lowest BCUT2D eigenvalue weighted by Gasteiger charge is -2.36. The Labute approximate surface area is 104 Å². The van der Waals surface area contributed by atoms with E-state index in [9.17, 15) is 0 Å². The van der Waals surface area contributed by atoms with E-state index in [-0.39, 0.29) is 0 Å². The van der Waals surface area contributed by atoms with E-state index in [0.717, 1.165) is 32.8 Å². The van der Waals surface area contributed by atoms with Crippen molar-refractivity contribution in [2.24, 2.45) is 5.41 Å². The van der Waals surface area contributed by atoms with E-state index in [1.165, 1.54) is 12.8 Å². The van der Waals surface area contributed by atoms with Crippen LogP contribution in [0, 0.1) is 5.41 Å². The number of methoxy groups -OCH3 is 1. The second-order valence-corrected chi connectivity index (χ2v) is 5.84. The molecule has 0 radical (unpaired) electrons. The summed E-state index contributed by atoms with van der Waals surface area (Å²) < 4.78 is 16.4. The second-order valence-electron chi connectivity index (χ2n) is 5.84. The molecule has 1 N–H and O–H groups in total. The van der Waals surface area contributed by atoms with Gasteiger partial charge >= 0.3 is 0 Å². The number of nitrogens with one attached hydrogen (secondary N) is 1. The number of ether oxygens (including phenoxy) is 3. The standard InChI is InChI=1S/C13H25NO3/c1-12(2)16-8-11(9-17-12)14-10-13(4-5-13)6-7-15-3/h11,14H,4-10H2,1-3H3. The Morgan fingerprint density at radius 2 is 1.88 bits per heavy atom. The van der Waals surface area contributed by atoms with E-state index in [1.54, 1.807) is 7.11 Å². The van der Waals surface area contributed by atoms with Crippen LogP contribution >= 0.6 is 0 Å².